The fourth-order valence-electron chi connectivity index (χ4n) is 2.68. The Labute approximate surface area is 181 Å². The standard InChI is InChI=1S/C20H30N4O5S/c1-11(2)8-15(23-17(26)10-30)20(29)24-16(19(28)22-12(3)18(21)27)9-13-4-6-14(25)7-5-13/h4-7,11-12,15-16,25,30H,8-10H2,1-3H3,(H2,21,27)(H,22,28)(H,23,26)(H,24,29)/t12-,15-,16-/m0/s1. The largest absolute Gasteiger partial charge is 0.508 e. The van der Waals surface area contributed by atoms with Crippen LogP contribution in [0.15, 0.2) is 24.3 Å². The summed E-state index contributed by atoms with van der Waals surface area (Å²) >= 11 is 3.91. The maximum atomic E-state index is 12.8. The third-order valence-electron chi connectivity index (χ3n) is 4.30. The Morgan fingerprint density at radius 3 is 2.03 bits per heavy atom. The van der Waals surface area contributed by atoms with Gasteiger partial charge in [-0.3, -0.25) is 19.2 Å². The van der Waals surface area contributed by atoms with Crippen LogP contribution in [0.25, 0.3) is 0 Å². The average molecular weight is 439 g/mol. The van der Waals surface area contributed by atoms with Gasteiger partial charge in [-0.25, -0.2) is 0 Å². The van der Waals surface area contributed by atoms with Gasteiger partial charge in [-0.15, -0.1) is 0 Å². The van der Waals surface area contributed by atoms with Gasteiger partial charge in [0.05, 0.1) is 5.75 Å². The minimum absolute atomic E-state index is 0.0672. The van der Waals surface area contributed by atoms with E-state index in [0.717, 1.165) is 0 Å². The molecule has 0 aromatic heterocycles. The van der Waals surface area contributed by atoms with Crippen molar-refractivity contribution >= 4 is 36.3 Å². The van der Waals surface area contributed by atoms with Crippen LogP contribution in [-0.2, 0) is 25.6 Å². The molecule has 0 aliphatic rings. The number of benzene rings is 1. The zero-order chi connectivity index (χ0) is 22.8. The van der Waals surface area contributed by atoms with Crippen LogP contribution in [0.5, 0.6) is 5.75 Å². The minimum atomic E-state index is -1.02. The van der Waals surface area contributed by atoms with Crippen molar-refractivity contribution in [3.8, 4) is 5.75 Å². The van der Waals surface area contributed by atoms with E-state index in [1.54, 1.807) is 12.1 Å². The molecule has 6 N–H and O–H groups in total. The Kier molecular flexibility index (Phi) is 10.2. The van der Waals surface area contributed by atoms with Gasteiger partial charge in [0.15, 0.2) is 0 Å². The summed E-state index contributed by atoms with van der Waals surface area (Å²) in [5.41, 5.74) is 5.88. The second kappa shape index (κ2) is 12.1. The van der Waals surface area contributed by atoms with Crippen molar-refractivity contribution < 1.29 is 24.3 Å². The number of carbonyl (C=O) groups is 4. The molecule has 0 aliphatic carbocycles. The van der Waals surface area contributed by atoms with Crippen LogP contribution in [-0.4, -0.2) is 52.6 Å². The van der Waals surface area contributed by atoms with Gasteiger partial charge in [0.25, 0.3) is 0 Å². The Bertz CT molecular complexity index is 754. The molecular weight excluding hydrogens is 408 g/mol. The number of rotatable bonds is 11. The normalized spacial score (nSPS) is 13.8. The predicted octanol–water partition coefficient (Wildman–Crippen LogP) is -0.130. The lowest BCUT2D eigenvalue weighted by Crippen LogP contribution is -2.56. The number of hydrogen-bond donors (Lipinski definition) is 6. The highest BCUT2D eigenvalue weighted by atomic mass is 32.1. The third kappa shape index (κ3) is 8.73. The topological polar surface area (TPSA) is 151 Å². The number of nitrogens with one attached hydrogen (secondary N) is 3. The van der Waals surface area contributed by atoms with Crippen molar-refractivity contribution in [2.75, 3.05) is 5.75 Å². The first-order valence-corrected chi connectivity index (χ1v) is 10.2. The zero-order valence-electron chi connectivity index (χ0n) is 17.3. The summed E-state index contributed by atoms with van der Waals surface area (Å²) in [5, 5.41) is 17.2. The number of phenols is 1. The first kappa shape index (κ1) is 25.3. The van der Waals surface area contributed by atoms with Crippen LogP contribution in [0.2, 0.25) is 0 Å². The molecule has 30 heavy (non-hydrogen) atoms. The second-order valence-electron chi connectivity index (χ2n) is 7.47. The van der Waals surface area contributed by atoms with Crippen molar-refractivity contribution in [1.29, 1.82) is 0 Å². The highest BCUT2D eigenvalue weighted by Crippen LogP contribution is 2.12. The van der Waals surface area contributed by atoms with Gasteiger partial charge in [0.1, 0.15) is 23.9 Å². The fourth-order valence-corrected chi connectivity index (χ4v) is 2.77. The van der Waals surface area contributed by atoms with Crippen LogP contribution in [0.3, 0.4) is 0 Å². The van der Waals surface area contributed by atoms with Gasteiger partial charge in [-0.2, -0.15) is 12.6 Å². The molecule has 1 aromatic carbocycles. The summed E-state index contributed by atoms with van der Waals surface area (Å²) in [5.74, 6) is -2.12. The molecule has 4 amide bonds. The maximum absolute atomic E-state index is 12.8. The molecule has 166 valence electrons. The van der Waals surface area contributed by atoms with Crippen LogP contribution >= 0.6 is 12.6 Å². The van der Waals surface area contributed by atoms with E-state index in [9.17, 15) is 24.3 Å². The highest BCUT2D eigenvalue weighted by molar-refractivity contribution is 7.81. The molecule has 0 spiro atoms. The molecule has 9 nitrogen and oxygen atoms in total. The molecule has 0 heterocycles. The van der Waals surface area contributed by atoms with E-state index in [2.05, 4.69) is 28.6 Å². The van der Waals surface area contributed by atoms with E-state index in [1.807, 2.05) is 13.8 Å². The van der Waals surface area contributed by atoms with E-state index in [1.165, 1.54) is 19.1 Å². The van der Waals surface area contributed by atoms with Crippen molar-refractivity contribution in [3.05, 3.63) is 29.8 Å². The third-order valence-corrected chi connectivity index (χ3v) is 4.58. The van der Waals surface area contributed by atoms with Gasteiger partial charge < -0.3 is 26.8 Å². The molecule has 10 heteroatoms. The summed E-state index contributed by atoms with van der Waals surface area (Å²) < 4.78 is 0. The summed E-state index contributed by atoms with van der Waals surface area (Å²) in [6, 6.07) is 3.38. The molecule has 0 saturated carbocycles. The number of hydrogen-bond acceptors (Lipinski definition) is 6. The monoisotopic (exact) mass is 438 g/mol. The highest BCUT2D eigenvalue weighted by Gasteiger charge is 2.28. The predicted molar refractivity (Wildman–Crippen MR) is 116 cm³/mol. The van der Waals surface area contributed by atoms with Crippen molar-refractivity contribution in [2.24, 2.45) is 11.7 Å². The van der Waals surface area contributed by atoms with E-state index in [-0.39, 0.29) is 23.8 Å². The molecule has 0 fully saturated rings. The number of primary amides is 1. The zero-order valence-corrected chi connectivity index (χ0v) is 18.2. The van der Waals surface area contributed by atoms with Crippen LogP contribution < -0.4 is 21.7 Å². The molecule has 3 atom stereocenters. The Morgan fingerprint density at radius 2 is 1.53 bits per heavy atom. The average Bonchev–Trinajstić information content (AvgIpc) is 2.67. The van der Waals surface area contributed by atoms with Gasteiger partial charge in [0, 0.05) is 6.42 Å². The first-order valence-electron chi connectivity index (χ1n) is 9.61. The number of carbonyl (C=O) groups excluding carboxylic acids is 4. The molecule has 1 aromatic rings. The lowest BCUT2D eigenvalue weighted by Gasteiger charge is -2.25. The van der Waals surface area contributed by atoms with E-state index < -0.39 is 41.8 Å². The molecule has 0 radical (unpaired) electrons. The Morgan fingerprint density at radius 1 is 0.967 bits per heavy atom. The van der Waals surface area contributed by atoms with Crippen molar-refractivity contribution in [2.45, 2.75) is 51.7 Å². The van der Waals surface area contributed by atoms with E-state index in [4.69, 9.17) is 5.73 Å². The maximum Gasteiger partial charge on any atom is 0.243 e. The lowest BCUT2D eigenvalue weighted by atomic mass is 10.0. The summed E-state index contributed by atoms with van der Waals surface area (Å²) in [7, 11) is 0. The van der Waals surface area contributed by atoms with Crippen LogP contribution in [0.1, 0.15) is 32.8 Å². The number of amides is 4. The molecule has 0 aliphatic heterocycles. The van der Waals surface area contributed by atoms with Crippen LogP contribution in [0, 0.1) is 5.92 Å². The second-order valence-corrected chi connectivity index (χ2v) is 7.79. The van der Waals surface area contributed by atoms with Gasteiger partial charge in [-0.05, 0) is 37.0 Å². The summed E-state index contributed by atoms with van der Waals surface area (Å²) in [6.45, 7) is 5.25. The van der Waals surface area contributed by atoms with Crippen molar-refractivity contribution in [3.63, 3.8) is 0 Å². The Hall–Kier alpha value is -2.75. The fraction of sp³-hybridized carbons (Fsp3) is 0.500. The lowest BCUT2D eigenvalue weighted by molar-refractivity contribution is -0.133. The smallest absolute Gasteiger partial charge is 0.243 e. The van der Waals surface area contributed by atoms with Gasteiger partial charge in [0.2, 0.25) is 23.6 Å². The quantitative estimate of drug-likeness (QED) is 0.266. The number of nitrogens with two attached hydrogens (primary N) is 1. The summed E-state index contributed by atoms with van der Waals surface area (Å²) in [6.07, 6.45) is 0.481. The van der Waals surface area contributed by atoms with Crippen molar-refractivity contribution in [1.82, 2.24) is 16.0 Å². The first-order chi connectivity index (χ1) is 14.0. The molecule has 1 rings (SSSR count). The molecule has 0 unspecified atom stereocenters. The SMILES string of the molecule is CC(C)C[C@H](NC(=O)CS)C(=O)N[C@@H](Cc1ccc(O)cc1)C(=O)N[C@@H](C)C(N)=O. The number of aromatic hydroxyl groups is 1. The number of phenolic OH excluding ortho intramolecular Hbond substituents is 1. The minimum Gasteiger partial charge on any atom is -0.508 e. The molecular formula is C20H30N4O5S. The van der Waals surface area contributed by atoms with Gasteiger partial charge >= 0.3 is 0 Å². The molecule has 0 bridgehead atoms. The number of thiol groups is 1. The van der Waals surface area contributed by atoms with E-state index >= 15 is 0 Å². The Balaban J connectivity index is 3.03. The summed E-state index contributed by atoms with van der Waals surface area (Å²) in [4.78, 5) is 48.6. The molecule has 0 saturated heterocycles. The van der Waals surface area contributed by atoms with Gasteiger partial charge in [-0.1, -0.05) is 26.0 Å². The van der Waals surface area contributed by atoms with Crippen LogP contribution in [0.4, 0.5) is 0 Å². The van der Waals surface area contributed by atoms with E-state index in [0.29, 0.717) is 12.0 Å².